The molecule has 0 unspecified atom stereocenters. The zero-order chi connectivity index (χ0) is 16.4. The molecule has 1 N–H and O–H groups in total. The van der Waals surface area contributed by atoms with Gasteiger partial charge in [-0.25, -0.2) is 4.98 Å². The Morgan fingerprint density at radius 1 is 1.26 bits per heavy atom. The maximum Gasteiger partial charge on any atom is 0.433 e. The van der Waals surface area contributed by atoms with Gasteiger partial charge in [0.25, 0.3) is 5.91 Å². The molecule has 0 fully saturated rings. The lowest BCUT2D eigenvalue weighted by Crippen LogP contribution is -2.10. The largest absolute Gasteiger partial charge is 0.433 e. The molecule has 23 heavy (non-hydrogen) atoms. The summed E-state index contributed by atoms with van der Waals surface area (Å²) >= 11 is 4.62. The van der Waals surface area contributed by atoms with E-state index < -0.39 is 16.7 Å². The molecule has 0 saturated heterocycles. The van der Waals surface area contributed by atoms with Gasteiger partial charge in [-0.15, -0.1) is 11.3 Å². The number of halogens is 1. The molecule has 0 aliphatic rings. The van der Waals surface area contributed by atoms with Gasteiger partial charge in [-0.3, -0.25) is 20.2 Å². The van der Waals surface area contributed by atoms with Crippen LogP contribution in [0.1, 0.15) is 10.6 Å². The average molecular weight is 394 g/mol. The Labute approximate surface area is 142 Å². The SMILES string of the molecule is O=C(Nc1nc(-c2ccc(Br)cc2)cs1)c1ccc([N+](=O)[O-])o1. The number of thiazole rings is 1. The van der Waals surface area contributed by atoms with Crippen molar-refractivity contribution in [2.45, 2.75) is 0 Å². The Hall–Kier alpha value is -2.52. The first kappa shape index (κ1) is 15.4. The van der Waals surface area contributed by atoms with Gasteiger partial charge in [-0.1, -0.05) is 28.1 Å². The molecule has 3 aromatic rings. The maximum absolute atomic E-state index is 12.0. The average Bonchev–Trinajstić information content (AvgIpc) is 3.17. The number of anilines is 1. The van der Waals surface area contributed by atoms with E-state index in [-0.39, 0.29) is 5.76 Å². The van der Waals surface area contributed by atoms with Crippen LogP contribution < -0.4 is 5.32 Å². The van der Waals surface area contributed by atoms with Gasteiger partial charge in [0.1, 0.15) is 4.92 Å². The molecular formula is C14H8BrN3O4S. The number of hydrogen-bond acceptors (Lipinski definition) is 6. The van der Waals surface area contributed by atoms with Crippen molar-refractivity contribution in [3.05, 3.63) is 62.1 Å². The van der Waals surface area contributed by atoms with Gasteiger partial charge in [0.2, 0.25) is 0 Å². The predicted molar refractivity (Wildman–Crippen MR) is 88.6 cm³/mol. The molecule has 0 spiro atoms. The molecule has 0 atom stereocenters. The molecule has 2 heterocycles. The fraction of sp³-hybridized carbons (Fsp3) is 0. The highest BCUT2D eigenvalue weighted by Crippen LogP contribution is 2.26. The van der Waals surface area contributed by atoms with Crippen LogP contribution in [0, 0.1) is 10.1 Å². The van der Waals surface area contributed by atoms with Crippen molar-refractivity contribution in [2.75, 3.05) is 5.32 Å². The van der Waals surface area contributed by atoms with Crippen LogP contribution in [0.4, 0.5) is 11.0 Å². The maximum atomic E-state index is 12.0. The van der Waals surface area contributed by atoms with Crippen LogP contribution in [0.3, 0.4) is 0 Å². The van der Waals surface area contributed by atoms with E-state index in [1.807, 2.05) is 29.6 Å². The summed E-state index contributed by atoms with van der Waals surface area (Å²) in [4.78, 5) is 26.1. The summed E-state index contributed by atoms with van der Waals surface area (Å²) in [5, 5.41) is 15.3. The number of aromatic nitrogens is 1. The summed E-state index contributed by atoms with van der Waals surface area (Å²) < 4.78 is 5.81. The van der Waals surface area contributed by atoms with Crippen molar-refractivity contribution >= 4 is 44.2 Å². The molecule has 1 amide bonds. The second-order valence-corrected chi connectivity index (χ2v) is 6.17. The van der Waals surface area contributed by atoms with Crippen LogP contribution in [0.2, 0.25) is 0 Å². The Kier molecular flexibility index (Phi) is 4.22. The highest BCUT2D eigenvalue weighted by molar-refractivity contribution is 9.10. The number of furan rings is 1. The number of amides is 1. The van der Waals surface area contributed by atoms with Crippen LogP contribution in [0.25, 0.3) is 11.3 Å². The minimum Gasteiger partial charge on any atom is -0.395 e. The zero-order valence-electron chi connectivity index (χ0n) is 11.4. The number of nitro groups is 1. The molecule has 0 aliphatic heterocycles. The number of nitrogens with zero attached hydrogens (tertiary/aromatic N) is 2. The van der Waals surface area contributed by atoms with Crippen molar-refractivity contribution in [3.8, 4) is 11.3 Å². The van der Waals surface area contributed by atoms with Crippen LogP contribution in [0.5, 0.6) is 0 Å². The third-order valence-electron chi connectivity index (χ3n) is 2.86. The normalized spacial score (nSPS) is 10.5. The van der Waals surface area contributed by atoms with E-state index in [0.717, 1.165) is 21.8 Å². The summed E-state index contributed by atoms with van der Waals surface area (Å²) in [5.74, 6) is -1.21. The quantitative estimate of drug-likeness (QED) is 0.525. The van der Waals surface area contributed by atoms with E-state index in [1.165, 1.54) is 17.4 Å². The van der Waals surface area contributed by atoms with Gasteiger partial charge in [0, 0.05) is 15.4 Å². The smallest absolute Gasteiger partial charge is 0.395 e. The molecule has 116 valence electrons. The monoisotopic (exact) mass is 393 g/mol. The first-order valence-corrected chi connectivity index (χ1v) is 7.97. The summed E-state index contributed by atoms with van der Waals surface area (Å²) in [7, 11) is 0. The number of nitrogens with one attached hydrogen (secondary N) is 1. The molecular weight excluding hydrogens is 386 g/mol. The predicted octanol–water partition coefficient (Wildman–Crippen LogP) is 4.33. The van der Waals surface area contributed by atoms with Gasteiger partial charge in [-0.05, 0) is 18.2 Å². The lowest BCUT2D eigenvalue weighted by atomic mass is 10.2. The van der Waals surface area contributed by atoms with Gasteiger partial charge in [-0.2, -0.15) is 0 Å². The van der Waals surface area contributed by atoms with E-state index in [4.69, 9.17) is 4.42 Å². The first-order chi connectivity index (χ1) is 11.0. The van der Waals surface area contributed by atoms with Crippen LogP contribution in [-0.2, 0) is 0 Å². The van der Waals surface area contributed by atoms with Crippen molar-refractivity contribution in [3.63, 3.8) is 0 Å². The second-order valence-electron chi connectivity index (χ2n) is 4.39. The molecule has 0 bridgehead atoms. The van der Waals surface area contributed by atoms with Gasteiger partial charge in [0.15, 0.2) is 10.9 Å². The van der Waals surface area contributed by atoms with Crippen LogP contribution in [0.15, 0.2) is 50.7 Å². The third-order valence-corrected chi connectivity index (χ3v) is 4.15. The van der Waals surface area contributed by atoms with Crippen molar-refractivity contribution in [2.24, 2.45) is 0 Å². The highest BCUT2D eigenvalue weighted by atomic mass is 79.9. The molecule has 7 nitrogen and oxygen atoms in total. The van der Waals surface area contributed by atoms with E-state index in [1.54, 1.807) is 0 Å². The number of carbonyl (C=O) groups excluding carboxylic acids is 1. The topological polar surface area (TPSA) is 98.3 Å². The van der Waals surface area contributed by atoms with Crippen LogP contribution >= 0.6 is 27.3 Å². The minimum absolute atomic E-state index is 0.142. The number of carbonyl (C=O) groups is 1. The summed E-state index contributed by atoms with van der Waals surface area (Å²) in [6.07, 6.45) is 0. The van der Waals surface area contributed by atoms with Crippen molar-refractivity contribution in [1.82, 2.24) is 4.98 Å². The molecule has 0 radical (unpaired) electrons. The third kappa shape index (κ3) is 3.46. The summed E-state index contributed by atoms with van der Waals surface area (Å²) in [5.41, 5.74) is 1.64. The van der Waals surface area contributed by atoms with Crippen LogP contribution in [-0.4, -0.2) is 15.8 Å². The molecule has 2 aromatic heterocycles. The molecule has 0 saturated carbocycles. The fourth-order valence-electron chi connectivity index (χ4n) is 1.79. The molecule has 3 rings (SSSR count). The Balaban J connectivity index is 1.74. The molecule has 1 aromatic carbocycles. The lowest BCUT2D eigenvalue weighted by molar-refractivity contribution is -0.402. The summed E-state index contributed by atoms with van der Waals surface area (Å²) in [6.45, 7) is 0. The van der Waals surface area contributed by atoms with Gasteiger partial charge >= 0.3 is 5.88 Å². The number of benzene rings is 1. The van der Waals surface area contributed by atoms with Gasteiger partial charge in [0.05, 0.1) is 11.8 Å². The minimum atomic E-state index is -0.703. The molecule has 0 aliphatic carbocycles. The highest BCUT2D eigenvalue weighted by Gasteiger charge is 2.18. The van der Waals surface area contributed by atoms with Gasteiger partial charge < -0.3 is 4.42 Å². The number of hydrogen-bond donors (Lipinski definition) is 1. The number of rotatable bonds is 4. The summed E-state index contributed by atoms with van der Waals surface area (Å²) in [6, 6.07) is 9.98. The van der Waals surface area contributed by atoms with Crippen molar-refractivity contribution < 1.29 is 14.1 Å². The standard InChI is InChI=1S/C14H8BrN3O4S/c15-9-3-1-8(2-4-9)10-7-23-14(16-10)17-13(19)11-5-6-12(22-11)18(20)21/h1-7H,(H,16,17,19). The second kappa shape index (κ2) is 6.31. The van der Waals surface area contributed by atoms with E-state index in [9.17, 15) is 14.9 Å². The first-order valence-electron chi connectivity index (χ1n) is 6.30. The Morgan fingerprint density at radius 2 is 2.00 bits per heavy atom. The van der Waals surface area contributed by atoms with Crippen molar-refractivity contribution in [1.29, 1.82) is 0 Å². The van der Waals surface area contributed by atoms with E-state index in [2.05, 4.69) is 26.2 Å². The Morgan fingerprint density at radius 3 is 2.65 bits per heavy atom. The van der Waals surface area contributed by atoms with E-state index in [0.29, 0.717) is 5.13 Å². The zero-order valence-corrected chi connectivity index (χ0v) is 13.8. The Bertz CT molecular complexity index is 872. The lowest BCUT2D eigenvalue weighted by Gasteiger charge is -1.98. The van der Waals surface area contributed by atoms with E-state index >= 15 is 0 Å². The fourth-order valence-corrected chi connectivity index (χ4v) is 2.77. The molecule has 9 heteroatoms.